The summed E-state index contributed by atoms with van der Waals surface area (Å²) in [6, 6.07) is 17.2. The summed E-state index contributed by atoms with van der Waals surface area (Å²) in [6.45, 7) is 2.48. The van der Waals surface area contributed by atoms with Gasteiger partial charge in [-0.05, 0) is 35.0 Å². The zero-order chi connectivity index (χ0) is 22.7. The summed E-state index contributed by atoms with van der Waals surface area (Å²) in [5.74, 6) is -0.747. The van der Waals surface area contributed by atoms with Gasteiger partial charge in [0.25, 0.3) is 0 Å². The maximum atomic E-state index is 14.0. The molecule has 1 aliphatic rings. The molecular weight excluding hydrogens is 451 g/mol. The number of benzene rings is 3. The number of rotatable bonds is 6. The Labute approximate surface area is 192 Å². The van der Waals surface area contributed by atoms with Crippen molar-refractivity contribution in [3.05, 3.63) is 77.1 Å². The minimum Gasteiger partial charge on any atom is -0.340 e. The van der Waals surface area contributed by atoms with Gasteiger partial charge in [-0.25, -0.2) is 12.8 Å². The highest BCUT2D eigenvalue weighted by Gasteiger charge is 2.24. The van der Waals surface area contributed by atoms with Crippen molar-refractivity contribution in [3.63, 3.8) is 0 Å². The topological polar surface area (TPSA) is 57.7 Å². The first-order chi connectivity index (χ1) is 15.3. The second-order valence-electron chi connectivity index (χ2n) is 7.93. The van der Waals surface area contributed by atoms with Gasteiger partial charge in [0.1, 0.15) is 5.82 Å². The standard InChI is InChI=1S/C24H24ClFN2O3S/c25-22-6-3-7-23(26)21(22)17-27-11-13-28(14-12-27)24(29)10-15-32(30,31)20-9-8-18-4-1-2-5-19(18)16-20/h1-9,16H,10-15,17H2. The Balaban J connectivity index is 1.31. The van der Waals surface area contributed by atoms with Gasteiger partial charge in [0.15, 0.2) is 9.84 Å². The lowest BCUT2D eigenvalue weighted by molar-refractivity contribution is -0.132. The van der Waals surface area contributed by atoms with E-state index in [1.807, 2.05) is 29.2 Å². The first-order valence-electron chi connectivity index (χ1n) is 10.5. The van der Waals surface area contributed by atoms with E-state index < -0.39 is 9.84 Å². The van der Waals surface area contributed by atoms with Gasteiger partial charge in [-0.15, -0.1) is 0 Å². The van der Waals surface area contributed by atoms with Crippen LogP contribution in [0.5, 0.6) is 0 Å². The number of nitrogens with zero attached hydrogens (tertiary/aromatic N) is 2. The van der Waals surface area contributed by atoms with Crippen LogP contribution in [-0.4, -0.2) is 56.1 Å². The van der Waals surface area contributed by atoms with Gasteiger partial charge in [0.2, 0.25) is 5.91 Å². The third kappa shape index (κ3) is 5.11. The Bertz CT molecular complexity index is 1220. The Morgan fingerprint density at radius 3 is 2.38 bits per heavy atom. The molecular formula is C24H24ClFN2O3S. The zero-order valence-electron chi connectivity index (χ0n) is 17.5. The molecule has 1 amide bonds. The fraction of sp³-hybridized carbons (Fsp3) is 0.292. The molecule has 8 heteroatoms. The average molecular weight is 475 g/mol. The van der Waals surface area contributed by atoms with Crippen LogP contribution in [0, 0.1) is 5.82 Å². The molecule has 1 aliphatic heterocycles. The van der Waals surface area contributed by atoms with Crippen molar-refractivity contribution < 1.29 is 17.6 Å². The molecule has 0 saturated carbocycles. The number of amides is 1. The van der Waals surface area contributed by atoms with E-state index in [1.165, 1.54) is 6.07 Å². The number of fused-ring (bicyclic) bond motifs is 1. The lowest BCUT2D eigenvalue weighted by Crippen LogP contribution is -2.48. The summed E-state index contributed by atoms with van der Waals surface area (Å²) in [5, 5.41) is 2.21. The fourth-order valence-electron chi connectivity index (χ4n) is 3.92. The van der Waals surface area contributed by atoms with E-state index in [0.29, 0.717) is 43.3 Å². The summed E-state index contributed by atoms with van der Waals surface area (Å²) in [5.41, 5.74) is 0.454. The number of hydrogen-bond acceptors (Lipinski definition) is 4. The summed E-state index contributed by atoms with van der Waals surface area (Å²) in [6.07, 6.45) is -0.0612. The minimum atomic E-state index is -3.56. The summed E-state index contributed by atoms with van der Waals surface area (Å²) in [7, 11) is -3.56. The summed E-state index contributed by atoms with van der Waals surface area (Å²) in [4.78, 5) is 16.6. The molecule has 168 valence electrons. The van der Waals surface area contributed by atoms with E-state index in [9.17, 15) is 17.6 Å². The molecule has 0 radical (unpaired) electrons. The Hall–Kier alpha value is -2.48. The number of carbonyl (C=O) groups excluding carboxylic acids is 1. The van der Waals surface area contributed by atoms with Crippen molar-refractivity contribution in [2.45, 2.75) is 17.9 Å². The van der Waals surface area contributed by atoms with Gasteiger partial charge in [-0.1, -0.05) is 48.0 Å². The predicted octanol–water partition coefficient (Wildman–Crippen LogP) is 4.14. The van der Waals surface area contributed by atoms with Crippen LogP contribution < -0.4 is 0 Å². The second-order valence-corrected chi connectivity index (χ2v) is 10.5. The van der Waals surface area contributed by atoms with E-state index in [1.54, 1.807) is 35.2 Å². The second kappa shape index (κ2) is 9.57. The van der Waals surface area contributed by atoms with Crippen LogP contribution in [0.25, 0.3) is 10.8 Å². The predicted molar refractivity (Wildman–Crippen MR) is 124 cm³/mol. The van der Waals surface area contributed by atoms with E-state index >= 15 is 0 Å². The van der Waals surface area contributed by atoms with Gasteiger partial charge in [-0.3, -0.25) is 9.69 Å². The van der Waals surface area contributed by atoms with Crippen LogP contribution >= 0.6 is 11.6 Å². The number of sulfone groups is 1. The smallest absolute Gasteiger partial charge is 0.223 e. The van der Waals surface area contributed by atoms with Crippen LogP contribution in [0.3, 0.4) is 0 Å². The van der Waals surface area contributed by atoms with Crippen LogP contribution in [0.15, 0.2) is 65.6 Å². The molecule has 0 bridgehead atoms. The molecule has 3 aromatic carbocycles. The van der Waals surface area contributed by atoms with Crippen molar-refractivity contribution in [1.82, 2.24) is 9.80 Å². The van der Waals surface area contributed by atoms with Crippen LogP contribution in [0.4, 0.5) is 4.39 Å². The monoisotopic (exact) mass is 474 g/mol. The molecule has 1 fully saturated rings. The quantitative estimate of drug-likeness (QED) is 0.538. The molecule has 0 N–H and O–H groups in total. The third-order valence-electron chi connectivity index (χ3n) is 5.83. The van der Waals surface area contributed by atoms with Gasteiger partial charge >= 0.3 is 0 Å². The summed E-state index contributed by atoms with van der Waals surface area (Å²) >= 11 is 6.11. The molecule has 32 heavy (non-hydrogen) atoms. The molecule has 1 heterocycles. The maximum absolute atomic E-state index is 14.0. The van der Waals surface area contributed by atoms with Crippen molar-refractivity contribution in [1.29, 1.82) is 0 Å². The highest BCUT2D eigenvalue weighted by molar-refractivity contribution is 7.91. The van der Waals surface area contributed by atoms with Gasteiger partial charge in [-0.2, -0.15) is 0 Å². The number of carbonyl (C=O) groups is 1. The van der Waals surface area contributed by atoms with Crippen molar-refractivity contribution >= 4 is 38.1 Å². The third-order valence-corrected chi connectivity index (χ3v) is 7.90. The van der Waals surface area contributed by atoms with Gasteiger partial charge < -0.3 is 4.90 Å². The molecule has 5 nitrogen and oxygen atoms in total. The fourth-order valence-corrected chi connectivity index (χ4v) is 5.40. The number of piperazine rings is 1. The highest BCUT2D eigenvalue weighted by Crippen LogP contribution is 2.22. The van der Waals surface area contributed by atoms with Crippen molar-refractivity contribution in [3.8, 4) is 0 Å². The van der Waals surface area contributed by atoms with E-state index in [0.717, 1.165) is 10.8 Å². The first kappa shape index (κ1) is 22.7. The Kier molecular flexibility index (Phi) is 6.79. The molecule has 0 atom stereocenters. The zero-order valence-corrected chi connectivity index (χ0v) is 19.1. The van der Waals surface area contributed by atoms with Crippen LogP contribution in [0.1, 0.15) is 12.0 Å². The highest BCUT2D eigenvalue weighted by atomic mass is 35.5. The Morgan fingerprint density at radius 1 is 0.938 bits per heavy atom. The molecule has 0 spiro atoms. The largest absolute Gasteiger partial charge is 0.340 e. The van der Waals surface area contributed by atoms with E-state index in [2.05, 4.69) is 0 Å². The normalized spacial score (nSPS) is 15.2. The maximum Gasteiger partial charge on any atom is 0.223 e. The molecule has 0 aliphatic carbocycles. The molecule has 4 rings (SSSR count). The molecule has 0 unspecified atom stereocenters. The lowest BCUT2D eigenvalue weighted by Gasteiger charge is -2.35. The SMILES string of the molecule is O=C(CCS(=O)(=O)c1ccc2ccccc2c1)N1CCN(Cc2c(F)cccc2Cl)CC1. The van der Waals surface area contributed by atoms with Gasteiger partial charge in [0.05, 0.1) is 10.6 Å². The number of hydrogen-bond donors (Lipinski definition) is 0. The van der Waals surface area contributed by atoms with Crippen molar-refractivity contribution in [2.24, 2.45) is 0 Å². The molecule has 0 aromatic heterocycles. The lowest BCUT2D eigenvalue weighted by atomic mass is 10.1. The van der Waals surface area contributed by atoms with Gasteiger partial charge in [0, 0.05) is 49.7 Å². The number of halogens is 2. The van der Waals surface area contributed by atoms with Crippen molar-refractivity contribution in [2.75, 3.05) is 31.9 Å². The molecule has 3 aromatic rings. The first-order valence-corrected chi connectivity index (χ1v) is 12.5. The van der Waals surface area contributed by atoms with E-state index in [4.69, 9.17) is 11.6 Å². The van der Waals surface area contributed by atoms with Crippen LogP contribution in [-0.2, 0) is 21.2 Å². The Morgan fingerprint density at radius 2 is 1.66 bits per heavy atom. The summed E-state index contributed by atoms with van der Waals surface area (Å²) < 4.78 is 39.5. The van der Waals surface area contributed by atoms with E-state index in [-0.39, 0.29) is 28.8 Å². The molecule has 1 saturated heterocycles. The minimum absolute atomic E-state index is 0.0612. The van der Waals surface area contributed by atoms with Crippen LogP contribution in [0.2, 0.25) is 5.02 Å². The average Bonchev–Trinajstić information content (AvgIpc) is 2.80.